The highest BCUT2D eigenvalue weighted by atomic mass is 79.9. The zero-order valence-electron chi connectivity index (χ0n) is 12.7. The zero-order chi connectivity index (χ0) is 16.4. The molecule has 0 aliphatic rings. The first-order chi connectivity index (χ1) is 11.0. The van der Waals surface area contributed by atoms with E-state index in [0.717, 1.165) is 21.4 Å². The monoisotopic (exact) mass is 370 g/mol. The molecule has 0 spiro atoms. The second-order valence-electron chi connectivity index (χ2n) is 5.18. The number of anilines is 1. The van der Waals surface area contributed by atoms with Crippen LogP contribution >= 0.6 is 15.9 Å². The number of hydrogen-bond donors (Lipinski definition) is 1. The van der Waals surface area contributed by atoms with Crippen molar-refractivity contribution in [3.63, 3.8) is 0 Å². The van der Waals surface area contributed by atoms with Crippen molar-refractivity contribution in [3.05, 3.63) is 70.0 Å². The van der Waals surface area contributed by atoms with E-state index in [4.69, 9.17) is 0 Å². The number of benzene rings is 2. The highest BCUT2D eigenvalue weighted by Gasteiger charge is 2.16. The van der Waals surface area contributed by atoms with Crippen molar-refractivity contribution in [2.75, 3.05) is 5.32 Å². The minimum Gasteiger partial charge on any atom is -0.321 e. The van der Waals surface area contributed by atoms with Crippen LogP contribution in [0.15, 0.2) is 53.0 Å². The molecule has 116 valence electrons. The molecule has 0 bridgehead atoms. The van der Waals surface area contributed by atoms with Gasteiger partial charge in [0.15, 0.2) is 5.69 Å². The van der Waals surface area contributed by atoms with Gasteiger partial charge in [0.2, 0.25) is 0 Å². The first kappa shape index (κ1) is 15.4. The van der Waals surface area contributed by atoms with Gasteiger partial charge in [-0.15, -0.1) is 5.10 Å². The van der Waals surface area contributed by atoms with Gasteiger partial charge in [-0.1, -0.05) is 34.1 Å². The van der Waals surface area contributed by atoms with Crippen LogP contribution in [-0.2, 0) is 0 Å². The molecule has 0 unspecified atom stereocenters. The number of para-hydroxylation sites is 1. The molecule has 3 aromatic rings. The summed E-state index contributed by atoms with van der Waals surface area (Å²) in [4.78, 5) is 13.9. The van der Waals surface area contributed by atoms with E-state index in [0.29, 0.717) is 11.4 Å². The van der Waals surface area contributed by atoms with Gasteiger partial charge in [-0.05, 0) is 49.7 Å². The molecule has 0 radical (unpaired) electrons. The van der Waals surface area contributed by atoms with E-state index in [-0.39, 0.29) is 5.91 Å². The third-order valence-corrected chi connectivity index (χ3v) is 4.29. The Balaban J connectivity index is 1.85. The molecular weight excluding hydrogens is 356 g/mol. The Bertz CT molecular complexity index is 858. The Morgan fingerprint density at radius 1 is 1.09 bits per heavy atom. The summed E-state index contributed by atoms with van der Waals surface area (Å²) in [6.45, 7) is 3.74. The molecule has 0 atom stereocenters. The first-order valence-corrected chi connectivity index (χ1v) is 7.91. The molecule has 1 amide bonds. The lowest BCUT2D eigenvalue weighted by Crippen LogP contribution is -2.14. The molecule has 3 rings (SSSR count). The molecular formula is C17H15BrN4O. The third kappa shape index (κ3) is 3.32. The van der Waals surface area contributed by atoms with Gasteiger partial charge in [-0.3, -0.25) is 4.79 Å². The largest absolute Gasteiger partial charge is 0.321 e. The first-order valence-electron chi connectivity index (χ1n) is 7.11. The molecule has 0 saturated carbocycles. The van der Waals surface area contributed by atoms with Crippen LogP contribution in [0.4, 0.5) is 5.69 Å². The van der Waals surface area contributed by atoms with Gasteiger partial charge in [0, 0.05) is 10.2 Å². The quantitative estimate of drug-likeness (QED) is 0.760. The van der Waals surface area contributed by atoms with E-state index in [1.54, 1.807) is 6.92 Å². The maximum absolute atomic E-state index is 12.4. The summed E-state index contributed by atoms with van der Waals surface area (Å²) in [5, 5.41) is 11.5. The van der Waals surface area contributed by atoms with Crippen LogP contribution in [0.1, 0.15) is 21.7 Å². The second-order valence-corrected chi connectivity index (χ2v) is 6.03. The van der Waals surface area contributed by atoms with Crippen molar-refractivity contribution in [1.29, 1.82) is 0 Å². The Morgan fingerprint density at radius 3 is 2.52 bits per heavy atom. The summed E-state index contributed by atoms with van der Waals surface area (Å²) < 4.78 is 1.00. The summed E-state index contributed by atoms with van der Waals surface area (Å²) in [5.41, 5.74) is 3.49. The van der Waals surface area contributed by atoms with E-state index < -0.39 is 0 Å². The Hall–Kier alpha value is -2.47. The normalized spacial score (nSPS) is 10.6. The van der Waals surface area contributed by atoms with Crippen LogP contribution in [0.2, 0.25) is 0 Å². The van der Waals surface area contributed by atoms with Gasteiger partial charge >= 0.3 is 0 Å². The zero-order valence-corrected chi connectivity index (χ0v) is 14.3. The maximum atomic E-state index is 12.4. The number of halogens is 1. The van der Waals surface area contributed by atoms with Gasteiger partial charge in [0.25, 0.3) is 5.91 Å². The summed E-state index contributed by atoms with van der Waals surface area (Å²) >= 11 is 3.44. The van der Waals surface area contributed by atoms with Crippen molar-refractivity contribution in [3.8, 4) is 5.69 Å². The van der Waals surface area contributed by atoms with Crippen molar-refractivity contribution in [1.82, 2.24) is 15.0 Å². The fourth-order valence-corrected chi connectivity index (χ4v) is 2.42. The standard InChI is InChI=1S/C17H15BrN4O/c1-11-10-13(8-9-15(11)18)19-17(23)16-12(2)20-22(21-16)14-6-4-3-5-7-14/h3-10H,1-2H3,(H,19,23). The van der Waals surface area contributed by atoms with Crippen LogP contribution < -0.4 is 5.32 Å². The van der Waals surface area contributed by atoms with Gasteiger partial charge < -0.3 is 5.32 Å². The minimum atomic E-state index is -0.272. The minimum absolute atomic E-state index is 0.272. The number of nitrogens with zero attached hydrogens (tertiary/aromatic N) is 3. The fourth-order valence-electron chi connectivity index (χ4n) is 2.18. The molecule has 0 aliphatic carbocycles. The van der Waals surface area contributed by atoms with E-state index in [1.807, 2.05) is 55.5 Å². The molecule has 0 saturated heterocycles. The van der Waals surface area contributed by atoms with Gasteiger partial charge in [0.1, 0.15) is 0 Å². The Morgan fingerprint density at radius 2 is 1.83 bits per heavy atom. The van der Waals surface area contributed by atoms with E-state index >= 15 is 0 Å². The fraction of sp³-hybridized carbons (Fsp3) is 0.118. The van der Waals surface area contributed by atoms with Crippen LogP contribution in [0.3, 0.4) is 0 Å². The third-order valence-electron chi connectivity index (χ3n) is 3.40. The van der Waals surface area contributed by atoms with E-state index in [1.165, 1.54) is 4.80 Å². The topological polar surface area (TPSA) is 59.8 Å². The lowest BCUT2D eigenvalue weighted by Gasteiger charge is -2.05. The van der Waals surface area contributed by atoms with Crippen LogP contribution in [-0.4, -0.2) is 20.9 Å². The predicted molar refractivity (Wildman–Crippen MR) is 92.9 cm³/mol. The van der Waals surface area contributed by atoms with Gasteiger partial charge in [-0.2, -0.15) is 9.90 Å². The van der Waals surface area contributed by atoms with E-state index in [9.17, 15) is 4.79 Å². The number of aryl methyl sites for hydroxylation is 2. The summed E-state index contributed by atoms with van der Waals surface area (Å²) in [6, 6.07) is 15.1. The molecule has 6 heteroatoms. The smallest absolute Gasteiger partial charge is 0.278 e. The number of hydrogen-bond acceptors (Lipinski definition) is 3. The second kappa shape index (κ2) is 6.34. The lowest BCUT2D eigenvalue weighted by molar-refractivity contribution is 0.102. The van der Waals surface area contributed by atoms with Gasteiger partial charge in [0.05, 0.1) is 11.4 Å². The van der Waals surface area contributed by atoms with E-state index in [2.05, 4.69) is 31.4 Å². The number of carbonyl (C=O) groups excluding carboxylic acids is 1. The summed E-state index contributed by atoms with van der Waals surface area (Å²) in [5.74, 6) is -0.272. The van der Waals surface area contributed by atoms with Crippen molar-refractivity contribution in [2.45, 2.75) is 13.8 Å². The highest BCUT2D eigenvalue weighted by Crippen LogP contribution is 2.20. The van der Waals surface area contributed by atoms with Crippen molar-refractivity contribution >= 4 is 27.5 Å². The van der Waals surface area contributed by atoms with Gasteiger partial charge in [-0.25, -0.2) is 0 Å². The summed E-state index contributed by atoms with van der Waals surface area (Å²) in [7, 11) is 0. The molecule has 1 N–H and O–H groups in total. The molecule has 1 aromatic heterocycles. The van der Waals surface area contributed by atoms with Crippen molar-refractivity contribution < 1.29 is 4.79 Å². The average molecular weight is 371 g/mol. The maximum Gasteiger partial charge on any atom is 0.278 e. The average Bonchev–Trinajstić information content (AvgIpc) is 2.94. The number of carbonyl (C=O) groups is 1. The molecule has 1 heterocycles. The number of amides is 1. The van der Waals surface area contributed by atoms with Crippen LogP contribution in [0, 0.1) is 13.8 Å². The highest BCUT2D eigenvalue weighted by molar-refractivity contribution is 9.10. The van der Waals surface area contributed by atoms with Crippen molar-refractivity contribution in [2.24, 2.45) is 0 Å². The number of aromatic nitrogens is 3. The Labute approximate surface area is 142 Å². The van der Waals surface area contributed by atoms with Crippen LogP contribution in [0.25, 0.3) is 5.69 Å². The predicted octanol–water partition coefficient (Wildman–Crippen LogP) is 3.90. The molecule has 5 nitrogen and oxygen atoms in total. The summed E-state index contributed by atoms with van der Waals surface area (Å²) in [6.07, 6.45) is 0. The number of nitrogens with one attached hydrogen (secondary N) is 1. The molecule has 0 fully saturated rings. The molecule has 0 aliphatic heterocycles. The SMILES string of the molecule is Cc1cc(NC(=O)c2nn(-c3ccccc3)nc2C)ccc1Br. The molecule has 23 heavy (non-hydrogen) atoms. The molecule has 2 aromatic carbocycles. The number of rotatable bonds is 3. The van der Waals surface area contributed by atoms with Crippen LogP contribution in [0.5, 0.6) is 0 Å². The lowest BCUT2D eigenvalue weighted by atomic mass is 10.2. The Kier molecular flexibility index (Phi) is 4.25.